The fourth-order valence-electron chi connectivity index (χ4n) is 4.61. The Morgan fingerprint density at radius 2 is 1.68 bits per heavy atom. The van der Waals surface area contributed by atoms with E-state index in [-0.39, 0.29) is 22.9 Å². The SMILES string of the molecule is CC(C)c1ccccc1.CSCCC1NC2(CCN(C(=O)S)CC2)N(Cc2ccccc2)C1=O. The average molecular weight is 500 g/mol. The van der Waals surface area contributed by atoms with E-state index in [9.17, 15) is 9.59 Å². The first-order chi connectivity index (χ1) is 16.4. The lowest BCUT2D eigenvalue weighted by Crippen LogP contribution is -2.58. The van der Waals surface area contributed by atoms with E-state index < -0.39 is 0 Å². The topological polar surface area (TPSA) is 52.7 Å². The Balaban J connectivity index is 0.000000302. The number of thiol groups is 1. The van der Waals surface area contributed by atoms with E-state index in [4.69, 9.17) is 0 Å². The molecule has 1 spiro atoms. The van der Waals surface area contributed by atoms with Crippen molar-refractivity contribution in [1.82, 2.24) is 15.1 Å². The van der Waals surface area contributed by atoms with E-state index in [1.54, 1.807) is 16.7 Å². The lowest BCUT2D eigenvalue weighted by atomic mass is 9.95. The second-order valence-corrected chi connectivity index (χ2v) is 10.6. The fraction of sp³-hybridized carbons (Fsp3) is 0.481. The molecule has 1 unspecified atom stereocenters. The van der Waals surface area contributed by atoms with Crippen molar-refractivity contribution in [3.05, 3.63) is 71.8 Å². The molecule has 2 aliphatic heterocycles. The second kappa shape index (κ2) is 12.7. The van der Waals surface area contributed by atoms with Gasteiger partial charge in [-0.15, -0.1) is 0 Å². The number of nitrogens with zero attached hydrogens (tertiary/aromatic N) is 2. The molecule has 5 nitrogen and oxygen atoms in total. The van der Waals surface area contributed by atoms with Gasteiger partial charge in [-0.3, -0.25) is 14.9 Å². The summed E-state index contributed by atoms with van der Waals surface area (Å²) >= 11 is 5.70. The predicted octanol–water partition coefficient (Wildman–Crippen LogP) is 5.39. The van der Waals surface area contributed by atoms with Crippen LogP contribution < -0.4 is 5.32 Å². The molecule has 184 valence electrons. The van der Waals surface area contributed by atoms with Gasteiger partial charge < -0.3 is 9.80 Å². The molecule has 2 saturated heterocycles. The third-order valence-corrected chi connectivity index (χ3v) is 7.57. The molecule has 2 amide bonds. The van der Waals surface area contributed by atoms with Crippen LogP contribution in [-0.2, 0) is 11.3 Å². The molecular formula is C27H37N3O2S2. The van der Waals surface area contributed by atoms with Gasteiger partial charge in [0, 0.05) is 32.5 Å². The van der Waals surface area contributed by atoms with Gasteiger partial charge in [0.25, 0.3) is 5.24 Å². The van der Waals surface area contributed by atoms with Crippen LogP contribution in [0.1, 0.15) is 50.2 Å². The van der Waals surface area contributed by atoms with Crippen LogP contribution in [0.2, 0.25) is 0 Å². The van der Waals surface area contributed by atoms with E-state index in [2.05, 4.69) is 74.4 Å². The Hall–Kier alpha value is -1.96. The largest absolute Gasteiger partial charge is 0.334 e. The summed E-state index contributed by atoms with van der Waals surface area (Å²) in [5.74, 6) is 1.80. The molecule has 2 aliphatic rings. The van der Waals surface area contributed by atoms with Gasteiger partial charge >= 0.3 is 0 Å². The van der Waals surface area contributed by atoms with Crippen LogP contribution in [0, 0.1) is 0 Å². The Morgan fingerprint density at radius 3 is 2.18 bits per heavy atom. The molecule has 34 heavy (non-hydrogen) atoms. The van der Waals surface area contributed by atoms with Gasteiger partial charge in [0.1, 0.15) is 0 Å². The van der Waals surface area contributed by atoms with Gasteiger partial charge in [0.2, 0.25) is 5.91 Å². The maximum Gasteiger partial charge on any atom is 0.278 e. The zero-order chi connectivity index (χ0) is 24.6. The Morgan fingerprint density at radius 1 is 1.09 bits per heavy atom. The number of nitrogens with one attached hydrogen (secondary N) is 1. The van der Waals surface area contributed by atoms with E-state index >= 15 is 0 Å². The van der Waals surface area contributed by atoms with Gasteiger partial charge in [-0.1, -0.05) is 87.1 Å². The van der Waals surface area contributed by atoms with E-state index in [0.29, 0.717) is 25.6 Å². The summed E-state index contributed by atoms with van der Waals surface area (Å²) in [6.07, 6.45) is 4.39. The van der Waals surface area contributed by atoms with Crippen LogP contribution in [0.3, 0.4) is 0 Å². The molecule has 4 rings (SSSR count). The molecule has 2 heterocycles. The number of thioether (sulfide) groups is 1. The normalized spacial score (nSPS) is 19.3. The van der Waals surface area contributed by atoms with Gasteiger partial charge in [-0.2, -0.15) is 11.8 Å². The standard InChI is InChI=1S/C18H25N3O2S2.C9H12/c1-25-12-7-15-16(22)21(13-14-5-3-2-4-6-14)18(19-15)8-10-20(11-9-18)17(23)24;1-8(2)9-6-4-3-5-7-9/h2-6,15,19H,7-13H2,1H3,(H,23,24);3-8H,1-2H3. The van der Waals surface area contributed by atoms with Crippen molar-refractivity contribution in [2.75, 3.05) is 25.1 Å². The molecule has 0 saturated carbocycles. The molecular weight excluding hydrogens is 462 g/mol. The summed E-state index contributed by atoms with van der Waals surface area (Å²) in [6.45, 7) is 6.27. The molecule has 2 aromatic rings. The molecule has 0 radical (unpaired) electrons. The number of likely N-dealkylation sites (tertiary alicyclic amines) is 1. The van der Waals surface area contributed by atoms with Crippen molar-refractivity contribution >= 4 is 35.5 Å². The monoisotopic (exact) mass is 499 g/mol. The fourth-order valence-corrected chi connectivity index (χ4v) is 5.28. The van der Waals surface area contributed by atoms with E-state index in [0.717, 1.165) is 30.6 Å². The van der Waals surface area contributed by atoms with Crippen molar-refractivity contribution in [3.8, 4) is 0 Å². The first-order valence-corrected chi connectivity index (χ1v) is 13.9. The number of piperidine rings is 1. The van der Waals surface area contributed by atoms with Crippen molar-refractivity contribution in [3.63, 3.8) is 0 Å². The van der Waals surface area contributed by atoms with Gasteiger partial charge in [0.15, 0.2) is 0 Å². The number of hydrogen-bond donors (Lipinski definition) is 2. The molecule has 1 N–H and O–H groups in total. The Labute approximate surface area is 214 Å². The van der Waals surface area contributed by atoms with Crippen LogP contribution in [-0.4, -0.2) is 57.7 Å². The minimum absolute atomic E-state index is 0.130. The molecule has 0 bridgehead atoms. The lowest BCUT2D eigenvalue weighted by Gasteiger charge is -2.44. The number of hydrogen-bond acceptors (Lipinski definition) is 4. The quantitative estimate of drug-likeness (QED) is 0.523. The predicted molar refractivity (Wildman–Crippen MR) is 145 cm³/mol. The number of rotatable bonds is 6. The smallest absolute Gasteiger partial charge is 0.278 e. The van der Waals surface area contributed by atoms with Crippen LogP contribution in [0.15, 0.2) is 60.7 Å². The molecule has 0 aromatic heterocycles. The van der Waals surface area contributed by atoms with Crippen LogP contribution in [0.5, 0.6) is 0 Å². The summed E-state index contributed by atoms with van der Waals surface area (Å²) in [5, 5.41) is 3.43. The number of carbonyl (C=O) groups excluding carboxylic acids is 2. The first kappa shape index (κ1) is 26.6. The molecule has 0 aliphatic carbocycles. The minimum Gasteiger partial charge on any atom is -0.334 e. The summed E-state index contributed by atoms with van der Waals surface area (Å²) < 4.78 is 0. The maximum absolute atomic E-state index is 13.1. The first-order valence-electron chi connectivity index (χ1n) is 12.0. The highest BCUT2D eigenvalue weighted by Crippen LogP contribution is 2.35. The average Bonchev–Trinajstić information content (AvgIpc) is 3.10. The number of benzene rings is 2. The Kier molecular flexibility index (Phi) is 9.92. The molecule has 7 heteroatoms. The third-order valence-electron chi connectivity index (χ3n) is 6.65. The highest BCUT2D eigenvalue weighted by atomic mass is 32.2. The van der Waals surface area contributed by atoms with Gasteiger partial charge in [-0.25, -0.2) is 0 Å². The second-order valence-electron chi connectivity index (χ2n) is 9.25. The molecule has 1 atom stereocenters. The van der Waals surface area contributed by atoms with Gasteiger partial charge in [-0.05, 0) is 35.5 Å². The van der Waals surface area contributed by atoms with Gasteiger partial charge in [0.05, 0.1) is 11.7 Å². The van der Waals surface area contributed by atoms with Crippen molar-refractivity contribution in [2.24, 2.45) is 0 Å². The van der Waals surface area contributed by atoms with E-state index in [1.807, 2.05) is 29.2 Å². The summed E-state index contributed by atoms with van der Waals surface area (Å²) in [5.41, 5.74) is 2.20. The highest BCUT2D eigenvalue weighted by molar-refractivity contribution is 7.98. The zero-order valence-electron chi connectivity index (χ0n) is 20.4. The van der Waals surface area contributed by atoms with E-state index in [1.165, 1.54) is 5.56 Å². The van der Waals surface area contributed by atoms with Crippen molar-refractivity contribution in [2.45, 2.75) is 57.3 Å². The summed E-state index contributed by atoms with van der Waals surface area (Å²) in [7, 11) is 0. The van der Waals surface area contributed by atoms with Crippen LogP contribution in [0.25, 0.3) is 0 Å². The zero-order valence-corrected chi connectivity index (χ0v) is 22.2. The number of amides is 2. The molecule has 2 aromatic carbocycles. The maximum atomic E-state index is 13.1. The van der Waals surface area contributed by atoms with Crippen molar-refractivity contribution < 1.29 is 9.59 Å². The minimum atomic E-state index is -0.351. The third kappa shape index (κ3) is 6.80. The van der Waals surface area contributed by atoms with Crippen molar-refractivity contribution in [1.29, 1.82) is 0 Å². The lowest BCUT2D eigenvalue weighted by molar-refractivity contribution is -0.134. The summed E-state index contributed by atoms with van der Waals surface area (Å²) in [4.78, 5) is 28.3. The summed E-state index contributed by atoms with van der Waals surface area (Å²) in [6, 6.07) is 20.5. The Bertz CT molecular complexity index is 916. The van der Waals surface area contributed by atoms with Crippen LogP contribution in [0.4, 0.5) is 4.79 Å². The van der Waals surface area contributed by atoms with Crippen LogP contribution >= 0.6 is 24.4 Å². The molecule has 2 fully saturated rings. The highest BCUT2D eigenvalue weighted by Gasteiger charge is 2.51. The number of carbonyl (C=O) groups is 2.